The first kappa shape index (κ1) is 15.8. The van der Waals surface area contributed by atoms with E-state index in [9.17, 15) is 4.79 Å². The molecule has 2 N–H and O–H groups in total. The van der Waals surface area contributed by atoms with Crippen LogP contribution in [-0.4, -0.2) is 30.3 Å². The highest BCUT2D eigenvalue weighted by Crippen LogP contribution is 2.35. The molecule has 4 nitrogen and oxygen atoms in total. The van der Waals surface area contributed by atoms with Crippen LogP contribution in [0.25, 0.3) is 0 Å². The molecule has 116 valence electrons. The zero-order valence-electron chi connectivity index (χ0n) is 12.9. The van der Waals surface area contributed by atoms with Gasteiger partial charge in [-0.15, -0.1) is 0 Å². The predicted molar refractivity (Wildman–Crippen MR) is 82.9 cm³/mol. The van der Waals surface area contributed by atoms with Crippen LogP contribution in [0.3, 0.4) is 0 Å². The number of carboxylic acid groups (broad SMARTS) is 1. The predicted octanol–water partition coefficient (Wildman–Crippen LogP) is 3.32. The summed E-state index contributed by atoms with van der Waals surface area (Å²) in [5.74, 6) is -0.201. The normalized spacial score (nSPS) is 21.0. The Bertz CT molecular complexity index is 467. The van der Waals surface area contributed by atoms with Crippen molar-refractivity contribution in [3.8, 4) is 5.75 Å². The third-order valence-corrected chi connectivity index (χ3v) is 4.37. The third-order valence-electron chi connectivity index (χ3n) is 4.37. The van der Waals surface area contributed by atoms with Gasteiger partial charge in [-0.2, -0.15) is 0 Å². The van der Waals surface area contributed by atoms with Crippen molar-refractivity contribution >= 4 is 5.97 Å². The first-order valence-corrected chi connectivity index (χ1v) is 7.68. The van der Waals surface area contributed by atoms with Gasteiger partial charge < -0.3 is 15.2 Å². The SMILES string of the molecule is CC1(C)CCCCC1NCCOc1ccc(C(=O)O)cc1. The molecule has 0 spiro atoms. The van der Waals surface area contributed by atoms with E-state index >= 15 is 0 Å². The molecule has 0 bridgehead atoms. The Hall–Kier alpha value is -1.55. The van der Waals surface area contributed by atoms with Gasteiger partial charge in [0.05, 0.1) is 5.56 Å². The van der Waals surface area contributed by atoms with Crippen molar-refractivity contribution in [3.05, 3.63) is 29.8 Å². The first-order valence-electron chi connectivity index (χ1n) is 7.68. The maximum atomic E-state index is 10.8. The van der Waals surface area contributed by atoms with E-state index in [0.29, 0.717) is 23.8 Å². The highest BCUT2D eigenvalue weighted by molar-refractivity contribution is 5.87. The van der Waals surface area contributed by atoms with Crippen LogP contribution < -0.4 is 10.1 Å². The van der Waals surface area contributed by atoms with Crippen LogP contribution in [0.4, 0.5) is 0 Å². The summed E-state index contributed by atoms with van der Waals surface area (Å²) in [6.07, 6.45) is 5.15. The van der Waals surface area contributed by atoms with E-state index in [-0.39, 0.29) is 5.56 Å². The van der Waals surface area contributed by atoms with Crippen molar-refractivity contribution < 1.29 is 14.6 Å². The largest absolute Gasteiger partial charge is 0.492 e. The number of aromatic carboxylic acids is 1. The molecule has 2 rings (SSSR count). The molecule has 1 aliphatic rings. The average Bonchev–Trinajstić information content (AvgIpc) is 2.45. The lowest BCUT2D eigenvalue weighted by Crippen LogP contribution is -2.45. The Morgan fingerprint density at radius 1 is 1.33 bits per heavy atom. The van der Waals surface area contributed by atoms with Crippen LogP contribution in [0.5, 0.6) is 5.75 Å². The van der Waals surface area contributed by atoms with Gasteiger partial charge in [0.25, 0.3) is 0 Å². The third kappa shape index (κ3) is 4.46. The fraction of sp³-hybridized carbons (Fsp3) is 0.588. The molecule has 0 amide bonds. The fourth-order valence-electron chi connectivity index (χ4n) is 2.97. The Morgan fingerprint density at radius 2 is 2.05 bits per heavy atom. The molecular formula is C17H25NO3. The zero-order chi connectivity index (χ0) is 15.3. The second-order valence-corrected chi connectivity index (χ2v) is 6.42. The highest BCUT2D eigenvalue weighted by Gasteiger charge is 2.31. The lowest BCUT2D eigenvalue weighted by atomic mass is 9.73. The van der Waals surface area contributed by atoms with E-state index < -0.39 is 5.97 Å². The summed E-state index contributed by atoms with van der Waals surface area (Å²) in [6, 6.07) is 7.09. The number of ether oxygens (including phenoxy) is 1. The van der Waals surface area contributed by atoms with Crippen molar-refractivity contribution in [3.63, 3.8) is 0 Å². The van der Waals surface area contributed by atoms with Crippen molar-refractivity contribution in [2.24, 2.45) is 5.41 Å². The zero-order valence-corrected chi connectivity index (χ0v) is 12.9. The van der Waals surface area contributed by atoms with Gasteiger partial charge in [0.1, 0.15) is 12.4 Å². The molecule has 1 aromatic rings. The van der Waals surface area contributed by atoms with Gasteiger partial charge >= 0.3 is 5.97 Å². The van der Waals surface area contributed by atoms with Crippen LogP contribution in [0.1, 0.15) is 49.9 Å². The van der Waals surface area contributed by atoms with E-state index in [0.717, 1.165) is 6.54 Å². The summed E-state index contributed by atoms with van der Waals surface area (Å²) in [5.41, 5.74) is 0.644. The van der Waals surface area contributed by atoms with Crippen LogP contribution in [0.2, 0.25) is 0 Å². The van der Waals surface area contributed by atoms with Crippen LogP contribution in [0, 0.1) is 5.41 Å². The summed E-state index contributed by atoms with van der Waals surface area (Å²) < 4.78 is 5.64. The summed E-state index contributed by atoms with van der Waals surface area (Å²) in [6.45, 7) is 6.07. The number of benzene rings is 1. The summed E-state index contributed by atoms with van der Waals surface area (Å²) in [4.78, 5) is 10.8. The summed E-state index contributed by atoms with van der Waals surface area (Å²) in [7, 11) is 0. The quantitative estimate of drug-likeness (QED) is 0.789. The van der Waals surface area contributed by atoms with Gasteiger partial charge in [0, 0.05) is 12.6 Å². The minimum Gasteiger partial charge on any atom is -0.492 e. The Kier molecular flexibility index (Phi) is 5.23. The number of carboxylic acids is 1. The van der Waals surface area contributed by atoms with Gasteiger partial charge in [0.15, 0.2) is 0 Å². The Balaban J connectivity index is 1.73. The topological polar surface area (TPSA) is 58.6 Å². The number of hydrogen-bond acceptors (Lipinski definition) is 3. The maximum absolute atomic E-state index is 10.8. The van der Waals surface area contributed by atoms with Crippen LogP contribution in [0.15, 0.2) is 24.3 Å². The van der Waals surface area contributed by atoms with Gasteiger partial charge in [-0.1, -0.05) is 26.7 Å². The lowest BCUT2D eigenvalue weighted by molar-refractivity contribution is 0.0697. The second kappa shape index (κ2) is 6.94. The van der Waals surface area contributed by atoms with Gasteiger partial charge in [-0.25, -0.2) is 4.79 Å². The Labute approximate surface area is 126 Å². The fourth-order valence-corrected chi connectivity index (χ4v) is 2.97. The molecule has 21 heavy (non-hydrogen) atoms. The Morgan fingerprint density at radius 3 is 2.67 bits per heavy atom. The lowest BCUT2D eigenvalue weighted by Gasteiger charge is -2.39. The highest BCUT2D eigenvalue weighted by atomic mass is 16.5. The molecule has 0 radical (unpaired) electrons. The monoisotopic (exact) mass is 291 g/mol. The number of carbonyl (C=O) groups is 1. The maximum Gasteiger partial charge on any atom is 0.335 e. The summed E-state index contributed by atoms with van der Waals surface area (Å²) in [5, 5.41) is 12.4. The van der Waals surface area contributed by atoms with E-state index in [1.54, 1.807) is 24.3 Å². The minimum atomic E-state index is -0.914. The molecule has 1 fully saturated rings. The molecule has 1 aromatic carbocycles. The van der Waals surface area contributed by atoms with Gasteiger partial charge in [0.2, 0.25) is 0 Å². The molecule has 0 aliphatic heterocycles. The van der Waals surface area contributed by atoms with E-state index in [1.165, 1.54) is 25.7 Å². The van der Waals surface area contributed by atoms with Gasteiger partial charge in [-0.3, -0.25) is 0 Å². The molecule has 1 atom stereocenters. The van der Waals surface area contributed by atoms with E-state index in [2.05, 4.69) is 19.2 Å². The van der Waals surface area contributed by atoms with Crippen LogP contribution in [-0.2, 0) is 0 Å². The number of nitrogens with one attached hydrogen (secondary N) is 1. The smallest absolute Gasteiger partial charge is 0.335 e. The van der Waals surface area contributed by atoms with Gasteiger partial charge in [-0.05, 0) is 42.5 Å². The minimum absolute atomic E-state index is 0.282. The molecule has 4 heteroatoms. The number of rotatable bonds is 6. The van der Waals surface area contributed by atoms with E-state index in [4.69, 9.17) is 9.84 Å². The van der Waals surface area contributed by atoms with Crippen molar-refractivity contribution in [2.75, 3.05) is 13.2 Å². The van der Waals surface area contributed by atoms with Crippen LogP contribution >= 0.6 is 0 Å². The molecule has 1 saturated carbocycles. The molecule has 0 saturated heterocycles. The standard InChI is InChI=1S/C17H25NO3/c1-17(2)10-4-3-5-15(17)18-11-12-21-14-8-6-13(7-9-14)16(19)20/h6-9,15,18H,3-5,10-12H2,1-2H3,(H,19,20). The second-order valence-electron chi connectivity index (χ2n) is 6.42. The van der Waals surface area contributed by atoms with E-state index in [1.807, 2.05) is 0 Å². The van der Waals surface area contributed by atoms with Crippen molar-refractivity contribution in [1.29, 1.82) is 0 Å². The van der Waals surface area contributed by atoms with Crippen molar-refractivity contribution in [1.82, 2.24) is 5.32 Å². The molecule has 1 aliphatic carbocycles. The summed E-state index contributed by atoms with van der Waals surface area (Å²) >= 11 is 0. The molecule has 0 heterocycles. The first-order chi connectivity index (χ1) is 9.99. The number of hydrogen-bond donors (Lipinski definition) is 2. The molecule has 0 aromatic heterocycles. The molecular weight excluding hydrogens is 266 g/mol. The molecule has 1 unspecified atom stereocenters. The average molecular weight is 291 g/mol. The van der Waals surface area contributed by atoms with Crippen molar-refractivity contribution in [2.45, 2.75) is 45.6 Å².